The van der Waals surface area contributed by atoms with E-state index in [2.05, 4.69) is 0 Å². The minimum Gasteiger partial charge on any atom is -0.508 e. The highest BCUT2D eigenvalue weighted by molar-refractivity contribution is 6.22. The largest absolute Gasteiger partial charge is 0.508 e. The molecule has 1 saturated carbocycles. The first-order valence-corrected chi connectivity index (χ1v) is 11.5. The number of Topliss-reactive ketones (excluding diaryl/α,β-unsaturated/α-hetero) is 2. The van der Waals surface area contributed by atoms with Crippen LogP contribution in [0.1, 0.15) is 29.5 Å². The van der Waals surface area contributed by atoms with E-state index < -0.39 is 52.0 Å². The number of hydrogen-bond acceptors (Lipinski definition) is 8. The summed E-state index contributed by atoms with van der Waals surface area (Å²) in [5.41, 5.74) is 4.69. The molecule has 3 aliphatic rings. The fourth-order valence-corrected chi connectivity index (χ4v) is 5.91. The zero-order valence-electron chi connectivity index (χ0n) is 19.7. The van der Waals surface area contributed by atoms with Crippen LogP contribution in [0.3, 0.4) is 0 Å². The lowest BCUT2D eigenvalue weighted by atomic mass is 9.59. The highest BCUT2D eigenvalue weighted by Crippen LogP contribution is 2.53. The molecule has 0 aliphatic heterocycles. The van der Waals surface area contributed by atoms with Crippen LogP contribution in [0.2, 0.25) is 0 Å². The second kappa shape index (κ2) is 7.96. The SMILES string of the molecule is COc1ccc(C)cc1-c1ccc(O)c2c1C[C@H]1C[C@H]3CC(=O)C(C(N)=O)=C(O)[C@@]3(O)C(=O)C1=C2O. The number of ketones is 2. The average Bonchev–Trinajstić information content (AvgIpc) is 2.81. The van der Waals surface area contributed by atoms with Crippen molar-refractivity contribution >= 4 is 23.2 Å². The van der Waals surface area contributed by atoms with Gasteiger partial charge >= 0.3 is 0 Å². The van der Waals surface area contributed by atoms with Gasteiger partial charge in [-0.25, -0.2) is 0 Å². The van der Waals surface area contributed by atoms with Gasteiger partial charge in [0.15, 0.2) is 11.4 Å². The highest BCUT2D eigenvalue weighted by Gasteiger charge is 2.60. The second-order valence-corrected chi connectivity index (χ2v) is 9.60. The summed E-state index contributed by atoms with van der Waals surface area (Å²) in [4.78, 5) is 37.9. The summed E-state index contributed by atoms with van der Waals surface area (Å²) in [6.45, 7) is 1.92. The molecule has 0 radical (unpaired) electrons. The molecule has 36 heavy (non-hydrogen) atoms. The van der Waals surface area contributed by atoms with E-state index >= 15 is 0 Å². The monoisotopic (exact) mass is 491 g/mol. The summed E-state index contributed by atoms with van der Waals surface area (Å²) in [6.07, 6.45) is -0.0707. The zero-order chi connectivity index (χ0) is 26.1. The highest BCUT2D eigenvalue weighted by atomic mass is 16.5. The molecule has 0 aromatic heterocycles. The summed E-state index contributed by atoms with van der Waals surface area (Å²) in [5.74, 6) is -5.93. The average molecular weight is 491 g/mol. The van der Waals surface area contributed by atoms with Crippen LogP contribution in [0.25, 0.3) is 16.9 Å². The van der Waals surface area contributed by atoms with Gasteiger partial charge in [0.05, 0.1) is 12.7 Å². The quantitative estimate of drug-likeness (QED) is 0.408. The number of aryl methyl sites for hydroxylation is 1. The predicted molar refractivity (Wildman–Crippen MR) is 128 cm³/mol. The predicted octanol–water partition coefficient (Wildman–Crippen LogP) is 2.41. The van der Waals surface area contributed by atoms with Crippen LogP contribution < -0.4 is 10.5 Å². The van der Waals surface area contributed by atoms with E-state index in [4.69, 9.17) is 10.5 Å². The molecule has 1 fully saturated rings. The number of carbonyl (C=O) groups excluding carboxylic acids is 3. The van der Waals surface area contributed by atoms with Gasteiger partial charge in [-0.1, -0.05) is 17.7 Å². The molecule has 0 spiro atoms. The van der Waals surface area contributed by atoms with Crippen molar-refractivity contribution in [3.8, 4) is 22.6 Å². The molecule has 9 heteroatoms. The molecule has 0 heterocycles. The number of ether oxygens (including phenoxy) is 1. The van der Waals surface area contributed by atoms with Crippen molar-refractivity contribution < 1.29 is 39.5 Å². The first-order valence-electron chi connectivity index (χ1n) is 11.5. The maximum atomic E-state index is 13.6. The number of nitrogens with two attached hydrogens (primary N) is 1. The third-order valence-corrected chi connectivity index (χ3v) is 7.59. The van der Waals surface area contributed by atoms with Crippen LogP contribution in [0.4, 0.5) is 0 Å². The van der Waals surface area contributed by atoms with E-state index in [1.54, 1.807) is 6.07 Å². The number of amides is 1. The second-order valence-electron chi connectivity index (χ2n) is 9.60. The molecule has 5 rings (SSSR count). The van der Waals surface area contributed by atoms with Gasteiger partial charge in [-0.3, -0.25) is 14.4 Å². The topological polar surface area (TPSA) is 167 Å². The van der Waals surface area contributed by atoms with Crippen molar-refractivity contribution in [3.05, 3.63) is 63.9 Å². The van der Waals surface area contributed by atoms with E-state index in [1.165, 1.54) is 13.2 Å². The van der Waals surface area contributed by atoms with E-state index in [1.807, 2.05) is 25.1 Å². The van der Waals surface area contributed by atoms with E-state index in [0.717, 1.165) is 11.1 Å². The first kappa shape index (κ1) is 23.6. The van der Waals surface area contributed by atoms with Crippen molar-refractivity contribution in [3.63, 3.8) is 0 Å². The molecule has 1 amide bonds. The molecule has 0 bridgehead atoms. The lowest BCUT2D eigenvalue weighted by Gasteiger charge is -2.46. The Balaban J connectivity index is 1.73. The van der Waals surface area contributed by atoms with Gasteiger partial charge in [0.2, 0.25) is 5.78 Å². The first-order chi connectivity index (χ1) is 17.0. The van der Waals surface area contributed by atoms with Crippen LogP contribution in [-0.4, -0.2) is 50.6 Å². The number of benzene rings is 2. The van der Waals surface area contributed by atoms with Gasteiger partial charge in [-0.2, -0.15) is 0 Å². The van der Waals surface area contributed by atoms with Crippen LogP contribution in [-0.2, 0) is 20.8 Å². The van der Waals surface area contributed by atoms with Crippen molar-refractivity contribution in [1.29, 1.82) is 0 Å². The molecular weight excluding hydrogens is 466 g/mol. The zero-order valence-corrected chi connectivity index (χ0v) is 19.7. The van der Waals surface area contributed by atoms with Crippen molar-refractivity contribution in [2.24, 2.45) is 17.6 Å². The van der Waals surface area contributed by atoms with Crippen LogP contribution in [0.5, 0.6) is 11.5 Å². The minimum atomic E-state index is -2.58. The Morgan fingerprint density at radius 3 is 2.47 bits per heavy atom. The molecule has 0 saturated heterocycles. The Kier molecular flexibility index (Phi) is 5.22. The third kappa shape index (κ3) is 3.09. The number of methoxy groups -OCH3 is 1. The molecular formula is C27H25NO8. The Hall–Kier alpha value is -4.11. The van der Waals surface area contributed by atoms with Gasteiger partial charge in [0, 0.05) is 23.5 Å². The number of aliphatic hydroxyl groups excluding tert-OH is 2. The number of phenolic OH excluding ortho intramolecular Hbond substituents is 1. The van der Waals surface area contributed by atoms with Gasteiger partial charge in [-0.15, -0.1) is 0 Å². The smallest absolute Gasteiger partial charge is 0.255 e. The molecule has 3 atom stereocenters. The normalized spacial score (nSPS) is 25.3. The number of aliphatic hydroxyl groups is 3. The van der Waals surface area contributed by atoms with E-state index in [-0.39, 0.29) is 36.1 Å². The van der Waals surface area contributed by atoms with E-state index in [9.17, 15) is 34.8 Å². The minimum absolute atomic E-state index is 0.0446. The molecule has 2 aromatic carbocycles. The van der Waals surface area contributed by atoms with Crippen molar-refractivity contribution in [1.82, 2.24) is 0 Å². The standard InChI is InChI=1S/C27H25NO8/c1-11-3-6-19(36-2)15(7-11)14-4-5-17(29)21-16(14)9-12-8-13-10-18(30)22(26(28)34)25(33)27(13,35)24(32)20(12)23(21)31/h3-7,12-13,29,31,33,35H,8-10H2,1-2H3,(H2,28,34)/t12-,13+,27+/m1/s1. The van der Waals surface area contributed by atoms with Crippen molar-refractivity contribution in [2.45, 2.75) is 31.8 Å². The number of fused-ring (bicyclic) bond motifs is 3. The molecule has 186 valence electrons. The molecule has 3 aliphatic carbocycles. The molecule has 2 aromatic rings. The van der Waals surface area contributed by atoms with Crippen LogP contribution in [0, 0.1) is 18.8 Å². The Labute approximate surface area is 206 Å². The van der Waals surface area contributed by atoms with Gasteiger partial charge in [0.25, 0.3) is 5.91 Å². The number of hydrogen-bond donors (Lipinski definition) is 5. The van der Waals surface area contributed by atoms with Gasteiger partial charge in [0.1, 0.15) is 28.6 Å². The summed E-state index contributed by atoms with van der Waals surface area (Å²) in [5, 5.41) is 44.0. The summed E-state index contributed by atoms with van der Waals surface area (Å²) in [6, 6.07) is 8.74. The number of primary amides is 1. The fourth-order valence-electron chi connectivity index (χ4n) is 5.91. The summed E-state index contributed by atoms with van der Waals surface area (Å²) >= 11 is 0. The lowest BCUT2D eigenvalue weighted by molar-refractivity contribution is -0.147. The van der Waals surface area contributed by atoms with E-state index in [0.29, 0.717) is 16.9 Å². The van der Waals surface area contributed by atoms with Crippen molar-refractivity contribution in [2.75, 3.05) is 7.11 Å². The van der Waals surface area contributed by atoms with Gasteiger partial charge < -0.3 is 30.9 Å². The Morgan fingerprint density at radius 1 is 1.08 bits per heavy atom. The molecule has 6 N–H and O–H groups in total. The lowest BCUT2D eigenvalue weighted by Crippen LogP contribution is -2.58. The summed E-state index contributed by atoms with van der Waals surface area (Å²) in [7, 11) is 1.54. The van der Waals surface area contributed by atoms with Gasteiger partial charge in [-0.05, 0) is 55.0 Å². The fraction of sp³-hybridized carbons (Fsp3) is 0.296. The number of aromatic hydroxyl groups is 1. The summed E-state index contributed by atoms with van der Waals surface area (Å²) < 4.78 is 5.53. The maximum absolute atomic E-state index is 13.6. The number of phenols is 1. The molecule has 0 unspecified atom stereocenters. The number of rotatable bonds is 3. The maximum Gasteiger partial charge on any atom is 0.255 e. The van der Waals surface area contributed by atoms with Crippen LogP contribution >= 0.6 is 0 Å². The third-order valence-electron chi connectivity index (χ3n) is 7.59. The number of carbonyl (C=O) groups is 3. The molecule has 9 nitrogen and oxygen atoms in total. The van der Waals surface area contributed by atoms with Crippen LogP contribution in [0.15, 0.2) is 47.2 Å². The Morgan fingerprint density at radius 2 is 1.81 bits per heavy atom. The Bertz CT molecular complexity index is 1440.